The van der Waals surface area contributed by atoms with Crippen molar-refractivity contribution in [3.63, 3.8) is 0 Å². The molecule has 140 valence electrons. The highest BCUT2D eigenvalue weighted by atomic mass is 35.5. The van der Waals surface area contributed by atoms with Crippen LogP contribution in [0.4, 0.5) is 0 Å². The summed E-state index contributed by atoms with van der Waals surface area (Å²) in [5.74, 6) is -0.416. The molecule has 8 heteroatoms. The van der Waals surface area contributed by atoms with Gasteiger partial charge in [0.15, 0.2) is 0 Å². The molecule has 0 fully saturated rings. The van der Waals surface area contributed by atoms with Gasteiger partial charge in [0.2, 0.25) is 0 Å². The van der Waals surface area contributed by atoms with Crippen molar-refractivity contribution in [1.29, 1.82) is 0 Å². The predicted octanol–water partition coefficient (Wildman–Crippen LogP) is 5.65. The number of aromatic nitrogens is 3. The van der Waals surface area contributed by atoms with Crippen LogP contribution < -0.4 is 0 Å². The van der Waals surface area contributed by atoms with Crippen molar-refractivity contribution in [1.82, 2.24) is 15.0 Å². The van der Waals surface area contributed by atoms with Gasteiger partial charge in [-0.25, -0.2) is 14.8 Å². The van der Waals surface area contributed by atoms with Crippen LogP contribution in [0.25, 0.3) is 21.3 Å². The van der Waals surface area contributed by atoms with Gasteiger partial charge in [0.1, 0.15) is 21.5 Å². The lowest BCUT2D eigenvalue weighted by molar-refractivity contribution is 0.0473. The fourth-order valence-corrected chi connectivity index (χ4v) is 4.58. The number of aryl methyl sites for hydroxylation is 1. The molecule has 3 heterocycles. The van der Waals surface area contributed by atoms with E-state index in [4.69, 9.17) is 16.3 Å². The van der Waals surface area contributed by atoms with E-state index in [9.17, 15) is 4.79 Å². The first-order valence-corrected chi connectivity index (χ1v) is 10.4. The summed E-state index contributed by atoms with van der Waals surface area (Å²) in [4.78, 5) is 26.2. The second-order valence-electron chi connectivity index (χ2n) is 5.85. The van der Waals surface area contributed by atoms with Gasteiger partial charge < -0.3 is 4.74 Å². The van der Waals surface area contributed by atoms with E-state index in [0.29, 0.717) is 26.3 Å². The Hall–Kier alpha value is -2.61. The molecule has 0 unspecified atom stereocenters. The molecule has 4 rings (SSSR count). The highest BCUT2D eigenvalue weighted by Crippen LogP contribution is 2.33. The third kappa shape index (κ3) is 3.96. The summed E-state index contributed by atoms with van der Waals surface area (Å²) in [6, 6.07) is 13.1. The van der Waals surface area contributed by atoms with E-state index in [2.05, 4.69) is 15.0 Å². The molecular weight excluding hydrogens is 414 g/mol. The van der Waals surface area contributed by atoms with Gasteiger partial charge in [-0.3, -0.25) is 4.98 Å². The minimum Gasteiger partial charge on any atom is -0.455 e. The number of rotatable bonds is 5. The molecule has 0 saturated heterocycles. The summed E-state index contributed by atoms with van der Waals surface area (Å²) in [5.41, 5.74) is 2.91. The minimum absolute atomic E-state index is 0.0981. The van der Waals surface area contributed by atoms with E-state index in [1.165, 1.54) is 22.7 Å². The molecule has 3 aromatic heterocycles. The standard InChI is InChI=1S/C20H14ClN3O2S2/c1-12-17(28-18(23-12)14-6-2-3-7-15(14)21)20(25)26-10-13-11-27-19(24-13)16-8-4-5-9-22-16/h2-9,11H,10H2,1H3. The van der Waals surface area contributed by atoms with Gasteiger partial charge in [-0.05, 0) is 25.1 Å². The van der Waals surface area contributed by atoms with Crippen LogP contribution in [-0.2, 0) is 11.3 Å². The molecule has 5 nitrogen and oxygen atoms in total. The van der Waals surface area contributed by atoms with E-state index in [-0.39, 0.29) is 6.61 Å². The number of carbonyl (C=O) groups is 1. The van der Waals surface area contributed by atoms with Crippen molar-refractivity contribution in [2.45, 2.75) is 13.5 Å². The maximum atomic E-state index is 12.5. The Balaban J connectivity index is 1.46. The molecule has 1 aromatic carbocycles. The SMILES string of the molecule is Cc1nc(-c2ccccc2Cl)sc1C(=O)OCc1csc(-c2ccccn2)n1. The smallest absolute Gasteiger partial charge is 0.350 e. The van der Waals surface area contributed by atoms with Gasteiger partial charge in [0.05, 0.1) is 22.1 Å². The zero-order valence-corrected chi connectivity index (χ0v) is 17.1. The van der Waals surface area contributed by atoms with Crippen molar-refractivity contribution < 1.29 is 9.53 Å². The highest BCUT2D eigenvalue weighted by Gasteiger charge is 2.19. The van der Waals surface area contributed by atoms with Crippen molar-refractivity contribution in [2.24, 2.45) is 0 Å². The lowest BCUT2D eigenvalue weighted by Crippen LogP contribution is -2.05. The van der Waals surface area contributed by atoms with Crippen molar-refractivity contribution >= 4 is 40.2 Å². The molecule has 0 amide bonds. The number of halogens is 1. The first-order chi connectivity index (χ1) is 13.6. The summed E-state index contributed by atoms with van der Waals surface area (Å²) in [7, 11) is 0. The molecule has 0 radical (unpaired) electrons. The fraction of sp³-hybridized carbons (Fsp3) is 0.100. The summed E-state index contributed by atoms with van der Waals surface area (Å²) in [6.07, 6.45) is 1.72. The predicted molar refractivity (Wildman–Crippen MR) is 112 cm³/mol. The van der Waals surface area contributed by atoms with E-state index < -0.39 is 5.97 Å². The van der Waals surface area contributed by atoms with Gasteiger partial charge in [0, 0.05) is 17.1 Å². The van der Waals surface area contributed by atoms with E-state index in [0.717, 1.165) is 16.3 Å². The number of nitrogens with zero attached hydrogens (tertiary/aromatic N) is 3. The lowest BCUT2D eigenvalue weighted by Gasteiger charge is -2.01. The second-order valence-corrected chi connectivity index (χ2v) is 8.11. The van der Waals surface area contributed by atoms with Crippen LogP contribution in [0.5, 0.6) is 0 Å². The third-order valence-electron chi connectivity index (χ3n) is 3.87. The Morgan fingerprint density at radius 1 is 1.11 bits per heavy atom. The van der Waals surface area contributed by atoms with Crippen LogP contribution >= 0.6 is 34.3 Å². The van der Waals surface area contributed by atoms with Crippen LogP contribution in [0.2, 0.25) is 5.02 Å². The number of hydrogen-bond acceptors (Lipinski definition) is 7. The summed E-state index contributed by atoms with van der Waals surface area (Å²) >= 11 is 8.97. The summed E-state index contributed by atoms with van der Waals surface area (Å²) in [5, 5.41) is 3.95. The van der Waals surface area contributed by atoms with Crippen LogP contribution in [0.3, 0.4) is 0 Å². The molecule has 0 aliphatic carbocycles. The molecule has 4 aromatic rings. The number of ether oxygens (including phenoxy) is 1. The fourth-order valence-electron chi connectivity index (χ4n) is 2.52. The normalized spacial score (nSPS) is 10.8. The Bertz CT molecular complexity index is 1130. The average Bonchev–Trinajstić information content (AvgIpc) is 3.34. The van der Waals surface area contributed by atoms with Gasteiger partial charge in [-0.2, -0.15) is 0 Å². The Labute approximate surface area is 174 Å². The molecule has 28 heavy (non-hydrogen) atoms. The van der Waals surface area contributed by atoms with Crippen molar-refractivity contribution in [3.05, 3.63) is 75.3 Å². The van der Waals surface area contributed by atoms with Gasteiger partial charge >= 0.3 is 5.97 Å². The van der Waals surface area contributed by atoms with Crippen LogP contribution in [0.1, 0.15) is 21.1 Å². The van der Waals surface area contributed by atoms with Crippen molar-refractivity contribution in [3.8, 4) is 21.3 Å². The molecule has 0 spiro atoms. The first kappa shape index (κ1) is 18.7. The average molecular weight is 428 g/mol. The number of pyridine rings is 1. The maximum absolute atomic E-state index is 12.5. The van der Waals surface area contributed by atoms with Gasteiger partial charge in [-0.1, -0.05) is 35.9 Å². The van der Waals surface area contributed by atoms with Crippen LogP contribution in [-0.4, -0.2) is 20.9 Å². The monoisotopic (exact) mass is 427 g/mol. The van der Waals surface area contributed by atoms with Crippen molar-refractivity contribution in [2.75, 3.05) is 0 Å². The number of thiazole rings is 2. The molecule has 0 saturated carbocycles. The number of benzene rings is 1. The zero-order chi connectivity index (χ0) is 19.5. The number of carbonyl (C=O) groups excluding carboxylic acids is 1. The summed E-state index contributed by atoms with van der Waals surface area (Å²) < 4.78 is 5.45. The molecule has 0 bridgehead atoms. The van der Waals surface area contributed by atoms with E-state index in [1.807, 2.05) is 41.8 Å². The molecule has 0 N–H and O–H groups in total. The van der Waals surface area contributed by atoms with E-state index >= 15 is 0 Å². The molecule has 0 aliphatic heterocycles. The molecule has 0 aliphatic rings. The summed E-state index contributed by atoms with van der Waals surface area (Å²) in [6.45, 7) is 1.89. The molecular formula is C20H14ClN3O2S2. The van der Waals surface area contributed by atoms with E-state index in [1.54, 1.807) is 19.2 Å². The zero-order valence-electron chi connectivity index (χ0n) is 14.8. The Morgan fingerprint density at radius 3 is 2.71 bits per heavy atom. The number of esters is 1. The van der Waals surface area contributed by atoms with Gasteiger partial charge in [-0.15, -0.1) is 22.7 Å². The largest absolute Gasteiger partial charge is 0.455 e. The third-order valence-corrected chi connectivity index (χ3v) is 6.29. The topological polar surface area (TPSA) is 65.0 Å². The first-order valence-electron chi connectivity index (χ1n) is 8.37. The maximum Gasteiger partial charge on any atom is 0.350 e. The Kier molecular flexibility index (Phi) is 5.47. The Morgan fingerprint density at radius 2 is 1.93 bits per heavy atom. The molecule has 0 atom stereocenters. The second kappa shape index (κ2) is 8.18. The number of hydrogen-bond donors (Lipinski definition) is 0. The van der Waals surface area contributed by atoms with Crippen LogP contribution in [0, 0.1) is 6.92 Å². The van der Waals surface area contributed by atoms with Gasteiger partial charge in [0.25, 0.3) is 0 Å². The van der Waals surface area contributed by atoms with Crippen LogP contribution in [0.15, 0.2) is 54.0 Å². The minimum atomic E-state index is -0.416. The quantitative estimate of drug-likeness (QED) is 0.385. The lowest BCUT2D eigenvalue weighted by atomic mass is 10.2. The highest BCUT2D eigenvalue weighted by molar-refractivity contribution is 7.17.